The summed E-state index contributed by atoms with van der Waals surface area (Å²) in [5, 5.41) is 15.6. The van der Waals surface area contributed by atoms with E-state index in [-0.39, 0.29) is 6.54 Å². The van der Waals surface area contributed by atoms with Crippen LogP contribution in [0.2, 0.25) is 0 Å². The maximum atomic E-state index is 10.6. The maximum Gasteiger partial charge on any atom is 0.295 e. The molecular formula is C9H9NO2S. The van der Waals surface area contributed by atoms with Crippen molar-refractivity contribution in [3.05, 3.63) is 22.4 Å². The van der Waals surface area contributed by atoms with E-state index in [0.717, 1.165) is 5.56 Å². The van der Waals surface area contributed by atoms with Crippen LogP contribution in [0.15, 0.2) is 16.8 Å². The Morgan fingerprint density at radius 2 is 2.62 bits per heavy atom. The Balaban J connectivity index is 2.39. The van der Waals surface area contributed by atoms with Gasteiger partial charge in [-0.2, -0.15) is 11.3 Å². The zero-order valence-electron chi connectivity index (χ0n) is 6.86. The van der Waals surface area contributed by atoms with Gasteiger partial charge >= 0.3 is 0 Å². The van der Waals surface area contributed by atoms with Crippen LogP contribution in [-0.4, -0.2) is 17.6 Å². The Morgan fingerprint density at radius 1 is 1.85 bits per heavy atom. The maximum absolute atomic E-state index is 10.6. The number of amides is 1. The number of thiophene rings is 1. The molecule has 1 atom stereocenters. The Hall–Kier alpha value is -1.31. The van der Waals surface area contributed by atoms with Gasteiger partial charge in [0.05, 0.1) is 6.10 Å². The highest BCUT2D eigenvalue weighted by Crippen LogP contribution is 2.14. The first kappa shape index (κ1) is 9.78. The number of carbonyl (C=O) groups is 1. The SMILES string of the molecule is C#CC(=O)NCC(O)c1ccsc1. The standard InChI is InChI=1S/C9H9NO2S/c1-2-9(12)10-5-8(11)7-3-4-13-6-7/h1,3-4,6,8,11H,5H2,(H,10,12). The fraction of sp³-hybridized carbons (Fsp3) is 0.222. The van der Waals surface area contributed by atoms with Crippen molar-refractivity contribution >= 4 is 17.2 Å². The summed E-state index contributed by atoms with van der Waals surface area (Å²) in [6.45, 7) is 0.153. The topological polar surface area (TPSA) is 49.3 Å². The molecule has 0 aliphatic carbocycles. The van der Waals surface area contributed by atoms with Gasteiger partial charge in [0.1, 0.15) is 0 Å². The second kappa shape index (κ2) is 4.65. The molecule has 0 bridgehead atoms. The van der Waals surface area contributed by atoms with Crippen molar-refractivity contribution in [2.24, 2.45) is 0 Å². The molecule has 1 amide bonds. The van der Waals surface area contributed by atoms with E-state index >= 15 is 0 Å². The molecule has 1 aromatic heterocycles. The third-order valence-corrected chi connectivity index (χ3v) is 2.22. The van der Waals surface area contributed by atoms with E-state index in [0.29, 0.717) is 0 Å². The highest BCUT2D eigenvalue weighted by molar-refractivity contribution is 7.07. The Bertz CT molecular complexity index is 313. The predicted octanol–water partition coefficient (Wildman–Crippen LogP) is 0.531. The lowest BCUT2D eigenvalue weighted by Gasteiger charge is -2.07. The zero-order valence-corrected chi connectivity index (χ0v) is 7.67. The molecule has 0 aliphatic rings. The summed E-state index contributed by atoms with van der Waals surface area (Å²) in [6, 6.07) is 1.80. The summed E-state index contributed by atoms with van der Waals surface area (Å²) in [7, 11) is 0. The Morgan fingerprint density at radius 3 is 3.15 bits per heavy atom. The molecule has 0 fully saturated rings. The molecule has 13 heavy (non-hydrogen) atoms. The van der Waals surface area contributed by atoms with Gasteiger partial charge in [0.15, 0.2) is 0 Å². The van der Waals surface area contributed by atoms with Crippen LogP contribution in [0.4, 0.5) is 0 Å². The summed E-state index contributed by atoms with van der Waals surface area (Å²) >= 11 is 1.49. The van der Waals surface area contributed by atoms with E-state index in [1.165, 1.54) is 11.3 Å². The summed E-state index contributed by atoms with van der Waals surface area (Å²) in [5.74, 6) is 1.40. The van der Waals surface area contributed by atoms with E-state index in [1.807, 2.05) is 16.7 Å². The van der Waals surface area contributed by atoms with Gasteiger partial charge in [-0.05, 0) is 28.3 Å². The normalized spacial score (nSPS) is 11.7. The van der Waals surface area contributed by atoms with Crippen molar-refractivity contribution in [1.29, 1.82) is 0 Å². The molecule has 1 aromatic rings. The van der Waals surface area contributed by atoms with E-state index in [2.05, 4.69) is 5.32 Å². The third kappa shape index (κ3) is 2.90. The monoisotopic (exact) mass is 195 g/mol. The first-order valence-corrected chi connectivity index (χ1v) is 4.63. The van der Waals surface area contributed by atoms with E-state index < -0.39 is 12.0 Å². The minimum Gasteiger partial charge on any atom is -0.387 e. The lowest BCUT2D eigenvalue weighted by molar-refractivity contribution is -0.116. The van der Waals surface area contributed by atoms with Crippen molar-refractivity contribution in [3.8, 4) is 12.3 Å². The summed E-state index contributed by atoms with van der Waals surface area (Å²) < 4.78 is 0. The second-order valence-electron chi connectivity index (χ2n) is 2.43. The van der Waals surface area contributed by atoms with Crippen molar-refractivity contribution in [3.63, 3.8) is 0 Å². The lowest BCUT2D eigenvalue weighted by Crippen LogP contribution is -2.26. The number of aliphatic hydroxyl groups is 1. The summed E-state index contributed by atoms with van der Waals surface area (Å²) in [4.78, 5) is 10.6. The largest absolute Gasteiger partial charge is 0.387 e. The van der Waals surface area contributed by atoms with Crippen LogP contribution in [0.25, 0.3) is 0 Å². The highest BCUT2D eigenvalue weighted by atomic mass is 32.1. The van der Waals surface area contributed by atoms with Crippen LogP contribution in [-0.2, 0) is 4.79 Å². The Kier molecular flexibility index (Phi) is 3.50. The van der Waals surface area contributed by atoms with Crippen LogP contribution in [0.1, 0.15) is 11.7 Å². The van der Waals surface area contributed by atoms with Gasteiger partial charge in [-0.15, -0.1) is 6.42 Å². The lowest BCUT2D eigenvalue weighted by atomic mass is 10.2. The molecule has 1 unspecified atom stereocenters. The van der Waals surface area contributed by atoms with Gasteiger partial charge in [0.2, 0.25) is 0 Å². The number of carbonyl (C=O) groups excluding carboxylic acids is 1. The van der Waals surface area contributed by atoms with Crippen molar-refractivity contribution in [2.45, 2.75) is 6.10 Å². The molecule has 0 aromatic carbocycles. The Labute approximate surface area is 80.4 Å². The molecule has 2 N–H and O–H groups in total. The summed E-state index contributed by atoms with van der Waals surface area (Å²) in [5.41, 5.74) is 0.794. The predicted molar refractivity (Wildman–Crippen MR) is 51.1 cm³/mol. The average Bonchev–Trinajstić information content (AvgIpc) is 2.66. The van der Waals surface area contributed by atoms with Crippen LogP contribution in [0.5, 0.6) is 0 Å². The quantitative estimate of drug-likeness (QED) is 0.691. The molecule has 1 heterocycles. The zero-order chi connectivity index (χ0) is 9.68. The van der Waals surface area contributed by atoms with Gasteiger partial charge in [0.25, 0.3) is 5.91 Å². The fourth-order valence-electron chi connectivity index (χ4n) is 0.823. The van der Waals surface area contributed by atoms with Crippen molar-refractivity contribution < 1.29 is 9.90 Å². The molecule has 3 nitrogen and oxygen atoms in total. The van der Waals surface area contributed by atoms with Gasteiger partial charge in [-0.25, -0.2) is 0 Å². The van der Waals surface area contributed by atoms with E-state index in [4.69, 9.17) is 6.42 Å². The minimum atomic E-state index is -0.677. The van der Waals surface area contributed by atoms with Gasteiger partial charge in [-0.1, -0.05) is 0 Å². The number of nitrogens with one attached hydrogen (secondary N) is 1. The highest BCUT2D eigenvalue weighted by Gasteiger charge is 2.07. The molecule has 4 heteroatoms. The first-order chi connectivity index (χ1) is 6.24. The van der Waals surface area contributed by atoms with Gasteiger partial charge in [-0.3, -0.25) is 4.79 Å². The smallest absolute Gasteiger partial charge is 0.295 e. The van der Waals surface area contributed by atoms with Gasteiger partial charge < -0.3 is 10.4 Å². The molecule has 68 valence electrons. The fourth-order valence-corrected chi connectivity index (χ4v) is 1.53. The summed E-state index contributed by atoms with van der Waals surface area (Å²) in [6.07, 6.45) is 4.16. The number of hydrogen-bond acceptors (Lipinski definition) is 3. The van der Waals surface area contributed by atoms with Crippen LogP contribution < -0.4 is 5.32 Å². The molecular weight excluding hydrogens is 186 g/mol. The second-order valence-corrected chi connectivity index (χ2v) is 3.21. The van der Waals surface area contributed by atoms with Crippen LogP contribution >= 0.6 is 11.3 Å². The molecule has 1 rings (SSSR count). The van der Waals surface area contributed by atoms with Crippen LogP contribution in [0, 0.1) is 12.3 Å². The van der Waals surface area contributed by atoms with E-state index in [9.17, 15) is 9.90 Å². The van der Waals surface area contributed by atoms with Gasteiger partial charge in [0, 0.05) is 6.54 Å². The number of aliphatic hydroxyl groups excluding tert-OH is 1. The minimum absolute atomic E-state index is 0.153. The van der Waals surface area contributed by atoms with Crippen molar-refractivity contribution in [2.75, 3.05) is 6.54 Å². The van der Waals surface area contributed by atoms with Crippen molar-refractivity contribution in [1.82, 2.24) is 5.32 Å². The molecule has 0 spiro atoms. The average molecular weight is 195 g/mol. The molecule has 0 radical (unpaired) electrons. The van der Waals surface area contributed by atoms with Crippen LogP contribution in [0.3, 0.4) is 0 Å². The van der Waals surface area contributed by atoms with E-state index in [1.54, 1.807) is 6.07 Å². The number of hydrogen-bond donors (Lipinski definition) is 2. The molecule has 0 aliphatic heterocycles. The molecule has 0 saturated heterocycles. The number of rotatable bonds is 3. The third-order valence-electron chi connectivity index (χ3n) is 1.52. The number of terminal acetylenes is 1. The molecule has 0 saturated carbocycles. The first-order valence-electron chi connectivity index (χ1n) is 3.68.